The molecular formula is C13H17BrN2O3. The number of piperidine rings is 1. The van der Waals surface area contributed by atoms with E-state index in [9.17, 15) is 9.59 Å². The lowest BCUT2D eigenvalue weighted by atomic mass is 10.0. The van der Waals surface area contributed by atoms with Gasteiger partial charge in [0.25, 0.3) is 5.91 Å². The van der Waals surface area contributed by atoms with Crippen molar-refractivity contribution in [2.24, 2.45) is 0 Å². The zero-order chi connectivity index (χ0) is 13.8. The molecule has 1 saturated heterocycles. The van der Waals surface area contributed by atoms with E-state index >= 15 is 0 Å². The minimum atomic E-state index is -0.0917. The lowest BCUT2D eigenvalue weighted by molar-refractivity contribution is -0.121. The Morgan fingerprint density at radius 3 is 2.63 bits per heavy atom. The molecule has 0 aromatic carbocycles. The fraction of sp³-hybridized carbons (Fsp3) is 0.538. The molecule has 0 saturated carbocycles. The third kappa shape index (κ3) is 3.59. The molecule has 1 aliphatic rings. The van der Waals surface area contributed by atoms with E-state index in [0.29, 0.717) is 29.9 Å². The van der Waals surface area contributed by atoms with Crippen molar-refractivity contribution < 1.29 is 14.0 Å². The number of rotatable bonds is 3. The minimum absolute atomic E-state index is 0.0692. The molecule has 0 bridgehead atoms. The highest BCUT2D eigenvalue weighted by molar-refractivity contribution is 9.10. The van der Waals surface area contributed by atoms with Crippen LogP contribution in [0, 0.1) is 0 Å². The molecule has 0 atom stereocenters. The van der Waals surface area contributed by atoms with Crippen LogP contribution >= 0.6 is 15.9 Å². The summed E-state index contributed by atoms with van der Waals surface area (Å²) in [5.74, 6) is 0.327. The zero-order valence-electron chi connectivity index (χ0n) is 10.8. The molecule has 1 aromatic rings. The average molecular weight is 329 g/mol. The second-order valence-corrected chi connectivity index (χ2v) is 5.37. The predicted octanol–water partition coefficient (Wildman–Crippen LogP) is 2.17. The molecule has 1 aromatic heterocycles. The number of furan rings is 1. The van der Waals surface area contributed by atoms with Gasteiger partial charge in [-0.15, -0.1) is 0 Å². The third-order valence-electron chi connectivity index (χ3n) is 3.25. The second kappa shape index (κ2) is 6.23. The SMILES string of the molecule is CCC(=O)NC1CCN(C(=O)c2ccc(Br)o2)CC1. The molecule has 0 radical (unpaired) electrons. The van der Waals surface area contributed by atoms with E-state index in [1.807, 2.05) is 6.92 Å². The van der Waals surface area contributed by atoms with Gasteiger partial charge < -0.3 is 14.6 Å². The van der Waals surface area contributed by atoms with Crippen LogP contribution in [0.15, 0.2) is 21.2 Å². The highest BCUT2D eigenvalue weighted by atomic mass is 79.9. The van der Waals surface area contributed by atoms with Gasteiger partial charge in [-0.3, -0.25) is 9.59 Å². The molecule has 1 aliphatic heterocycles. The van der Waals surface area contributed by atoms with E-state index in [1.54, 1.807) is 17.0 Å². The van der Waals surface area contributed by atoms with Crippen LogP contribution in [0.3, 0.4) is 0 Å². The van der Waals surface area contributed by atoms with Gasteiger partial charge in [-0.25, -0.2) is 0 Å². The molecule has 2 heterocycles. The summed E-state index contributed by atoms with van der Waals surface area (Å²) in [5, 5.41) is 2.96. The first kappa shape index (κ1) is 14.1. The van der Waals surface area contributed by atoms with Crippen LogP contribution in [0.5, 0.6) is 0 Å². The largest absolute Gasteiger partial charge is 0.444 e. The second-order valence-electron chi connectivity index (χ2n) is 4.59. The fourth-order valence-corrected chi connectivity index (χ4v) is 2.45. The van der Waals surface area contributed by atoms with Crippen molar-refractivity contribution in [2.75, 3.05) is 13.1 Å². The van der Waals surface area contributed by atoms with E-state index < -0.39 is 0 Å². The number of halogens is 1. The monoisotopic (exact) mass is 328 g/mol. The Hall–Kier alpha value is -1.30. The molecular weight excluding hydrogens is 312 g/mol. The van der Waals surface area contributed by atoms with Gasteiger partial charge in [0.15, 0.2) is 10.4 Å². The highest BCUT2D eigenvalue weighted by Gasteiger charge is 2.25. The lowest BCUT2D eigenvalue weighted by Gasteiger charge is -2.31. The number of hydrogen-bond acceptors (Lipinski definition) is 3. The Labute approximate surface area is 120 Å². The maximum atomic E-state index is 12.1. The number of nitrogens with zero attached hydrogens (tertiary/aromatic N) is 1. The summed E-state index contributed by atoms with van der Waals surface area (Å²) in [5.41, 5.74) is 0. The summed E-state index contributed by atoms with van der Waals surface area (Å²) in [6, 6.07) is 3.55. The van der Waals surface area contributed by atoms with E-state index in [1.165, 1.54) is 0 Å². The van der Waals surface area contributed by atoms with Gasteiger partial charge in [-0.05, 0) is 40.9 Å². The van der Waals surface area contributed by atoms with Crippen LogP contribution in [0.1, 0.15) is 36.7 Å². The van der Waals surface area contributed by atoms with Crippen molar-refractivity contribution in [3.05, 3.63) is 22.6 Å². The Bertz CT molecular complexity index is 464. The van der Waals surface area contributed by atoms with Gasteiger partial charge in [-0.2, -0.15) is 0 Å². The molecule has 0 spiro atoms. The molecule has 2 amide bonds. The topological polar surface area (TPSA) is 62.6 Å². The van der Waals surface area contributed by atoms with Gasteiger partial charge in [-0.1, -0.05) is 6.92 Å². The van der Waals surface area contributed by atoms with Crippen molar-refractivity contribution >= 4 is 27.7 Å². The van der Waals surface area contributed by atoms with Crippen molar-refractivity contribution in [1.82, 2.24) is 10.2 Å². The maximum absolute atomic E-state index is 12.1. The summed E-state index contributed by atoms with van der Waals surface area (Å²) >= 11 is 3.18. The van der Waals surface area contributed by atoms with Crippen molar-refractivity contribution in [2.45, 2.75) is 32.2 Å². The summed E-state index contributed by atoms with van der Waals surface area (Å²) in [6.07, 6.45) is 2.08. The first-order valence-electron chi connectivity index (χ1n) is 6.44. The maximum Gasteiger partial charge on any atom is 0.289 e. The Kier molecular flexibility index (Phi) is 4.63. The molecule has 2 rings (SSSR count). The molecule has 19 heavy (non-hydrogen) atoms. The Morgan fingerprint density at radius 2 is 2.11 bits per heavy atom. The quantitative estimate of drug-likeness (QED) is 0.924. The summed E-state index contributed by atoms with van der Waals surface area (Å²) in [7, 11) is 0. The summed E-state index contributed by atoms with van der Waals surface area (Å²) in [4.78, 5) is 25.2. The molecule has 6 heteroatoms. The number of amides is 2. The molecule has 0 aliphatic carbocycles. The normalized spacial score (nSPS) is 16.4. The average Bonchev–Trinajstić information content (AvgIpc) is 2.85. The Balaban J connectivity index is 1.86. The third-order valence-corrected chi connectivity index (χ3v) is 3.68. The van der Waals surface area contributed by atoms with E-state index in [-0.39, 0.29) is 17.9 Å². The van der Waals surface area contributed by atoms with Gasteiger partial charge >= 0.3 is 0 Å². The number of likely N-dealkylation sites (tertiary alicyclic amines) is 1. The van der Waals surface area contributed by atoms with Gasteiger partial charge in [0.2, 0.25) is 5.91 Å². The minimum Gasteiger partial charge on any atom is -0.444 e. The van der Waals surface area contributed by atoms with Crippen LogP contribution in [-0.4, -0.2) is 35.8 Å². The van der Waals surface area contributed by atoms with Crippen molar-refractivity contribution in [3.63, 3.8) is 0 Å². The van der Waals surface area contributed by atoms with E-state index in [0.717, 1.165) is 12.8 Å². The van der Waals surface area contributed by atoms with Crippen molar-refractivity contribution in [3.8, 4) is 0 Å². The summed E-state index contributed by atoms with van der Waals surface area (Å²) in [6.45, 7) is 3.13. The molecule has 5 nitrogen and oxygen atoms in total. The van der Waals surface area contributed by atoms with Crippen molar-refractivity contribution in [1.29, 1.82) is 0 Å². The molecule has 104 valence electrons. The van der Waals surface area contributed by atoms with E-state index in [2.05, 4.69) is 21.2 Å². The first-order valence-corrected chi connectivity index (χ1v) is 7.23. The van der Waals surface area contributed by atoms with Gasteiger partial charge in [0.1, 0.15) is 0 Å². The smallest absolute Gasteiger partial charge is 0.289 e. The lowest BCUT2D eigenvalue weighted by Crippen LogP contribution is -2.46. The van der Waals surface area contributed by atoms with Gasteiger partial charge in [0, 0.05) is 25.6 Å². The van der Waals surface area contributed by atoms with Crippen LogP contribution in [0.2, 0.25) is 0 Å². The van der Waals surface area contributed by atoms with Crippen LogP contribution < -0.4 is 5.32 Å². The first-order chi connectivity index (χ1) is 9.10. The number of hydrogen-bond donors (Lipinski definition) is 1. The van der Waals surface area contributed by atoms with E-state index in [4.69, 9.17) is 4.42 Å². The standard InChI is InChI=1S/C13H17BrN2O3/c1-2-12(17)15-9-5-7-16(8-6-9)13(18)10-3-4-11(14)19-10/h3-4,9H,2,5-8H2,1H3,(H,15,17). The Morgan fingerprint density at radius 1 is 1.42 bits per heavy atom. The van der Waals surface area contributed by atoms with Crippen LogP contribution in [0.25, 0.3) is 0 Å². The summed E-state index contributed by atoms with van der Waals surface area (Å²) < 4.78 is 5.82. The molecule has 0 unspecified atom stereocenters. The molecule has 1 N–H and O–H groups in total. The van der Waals surface area contributed by atoms with Crippen LogP contribution in [-0.2, 0) is 4.79 Å². The van der Waals surface area contributed by atoms with Gasteiger partial charge in [0.05, 0.1) is 0 Å². The zero-order valence-corrected chi connectivity index (χ0v) is 12.4. The highest BCUT2D eigenvalue weighted by Crippen LogP contribution is 2.18. The molecule has 1 fully saturated rings. The number of carbonyl (C=O) groups excluding carboxylic acids is 2. The van der Waals surface area contributed by atoms with Crippen LogP contribution in [0.4, 0.5) is 0 Å². The predicted molar refractivity (Wildman–Crippen MR) is 73.8 cm³/mol. The number of carbonyl (C=O) groups is 2. The number of nitrogens with one attached hydrogen (secondary N) is 1. The fourth-order valence-electron chi connectivity index (χ4n) is 2.14.